The van der Waals surface area contributed by atoms with Crippen LogP contribution in [0.2, 0.25) is 0 Å². The van der Waals surface area contributed by atoms with Gasteiger partial charge in [0.05, 0.1) is 16.3 Å². The monoisotopic (exact) mass is 281 g/mol. The summed E-state index contributed by atoms with van der Waals surface area (Å²) in [5.41, 5.74) is 0.680. The first kappa shape index (κ1) is 13.0. The molecule has 0 aliphatic carbocycles. The normalized spacial score (nSPS) is 11.5. The predicted octanol–water partition coefficient (Wildman–Crippen LogP) is 1.88. The van der Waals surface area contributed by atoms with Crippen molar-refractivity contribution < 1.29 is 8.42 Å². The second-order valence-electron chi connectivity index (χ2n) is 3.61. The molecule has 0 radical (unpaired) electrons. The lowest BCUT2D eigenvalue weighted by molar-refractivity contribution is 0.579. The third-order valence-electron chi connectivity index (χ3n) is 2.26. The average Bonchev–Trinajstić information content (AvgIpc) is 2.79. The van der Waals surface area contributed by atoms with E-state index in [1.54, 1.807) is 6.07 Å². The van der Waals surface area contributed by atoms with Crippen molar-refractivity contribution in [1.82, 2.24) is 9.71 Å². The van der Waals surface area contributed by atoms with E-state index in [1.807, 2.05) is 24.3 Å². The van der Waals surface area contributed by atoms with Crippen molar-refractivity contribution in [3.8, 4) is 6.07 Å². The van der Waals surface area contributed by atoms with Crippen LogP contribution in [0.3, 0.4) is 0 Å². The molecule has 18 heavy (non-hydrogen) atoms. The van der Waals surface area contributed by atoms with E-state index in [0.29, 0.717) is 18.4 Å². The molecule has 2 aromatic rings. The lowest BCUT2D eigenvalue weighted by atomic mass is 10.3. The highest BCUT2D eigenvalue weighted by molar-refractivity contribution is 7.91. The fourth-order valence-electron chi connectivity index (χ4n) is 1.40. The van der Waals surface area contributed by atoms with Crippen LogP contribution in [0.4, 0.5) is 0 Å². The minimum Gasteiger partial charge on any atom is -0.224 e. The average molecular weight is 281 g/mol. The van der Waals surface area contributed by atoms with Gasteiger partial charge in [0.15, 0.2) is 0 Å². The van der Waals surface area contributed by atoms with Gasteiger partial charge in [-0.25, -0.2) is 18.1 Å². The number of aromatic nitrogens is 1. The number of rotatable bonds is 5. The number of nitriles is 1. The Balaban J connectivity index is 2.17. The molecule has 0 atom stereocenters. The Hall–Kier alpha value is -1.49. The molecule has 0 aliphatic rings. The molecule has 0 saturated heterocycles. The molecule has 0 saturated carbocycles. The molecule has 1 heterocycles. The zero-order chi connectivity index (χ0) is 13.0. The van der Waals surface area contributed by atoms with Crippen LogP contribution in [0.25, 0.3) is 10.2 Å². The zero-order valence-corrected chi connectivity index (χ0v) is 11.1. The van der Waals surface area contributed by atoms with E-state index in [1.165, 1.54) is 0 Å². The van der Waals surface area contributed by atoms with Crippen molar-refractivity contribution in [2.24, 2.45) is 0 Å². The van der Waals surface area contributed by atoms with Gasteiger partial charge < -0.3 is 0 Å². The Bertz CT molecular complexity index is 653. The molecule has 1 aromatic carbocycles. The third kappa shape index (κ3) is 2.85. The van der Waals surface area contributed by atoms with Crippen LogP contribution in [0.15, 0.2) is 28.6 Å². The number of fused-ring (bicyclic) bond motifs is 1. The van der Waals surface area contributed by atoms with Gasteiger partial charge in [-0.15, -0.1) is 11.3 Å². The van der Waals surface area contributed by atoms with Gasteiger partial charge in [0.1, 0.15) is 0 Å². The van der Waals surface area contributed by atoms with E-state index in [9.17, 15) is 8.42 Å². The summed E-state index contributed by atoms with van der Waals surface area (Å²) in [6, 6.07) is 9.24. The number of nitrogens with zero attached hydrogens (tertiary/aromatic N) is 2. The van der Waals surface area contributed by atoms with Gasteiger partial charge in [0.2, 0.25) is 4.34 Å². The number of unbranched alkanes of at least 4 members (excludes halogenated alkanes) is 1. The van der Waals surface area contributed by atoms with Crippen LogP contribution in [0.5, 0.6) is 0 Å². The summed E-state index contributed by atoms with van der Waals surface area (Å²) in [4.78, 5) is 4.09. The summed E-state index contributed by atoms with van der Waals surface area (Å²) in [5, 5.41) is 8.37. The van der Waals surface area contributed by atoms with Crippen LogP contribution in [-0.4, -0.2) is 19.9 Å². The van der Waals surface area contributed by atoms with Gasteiger partial charge in [-0.2, -0.15) is 5.26 Å². The summed E-state index contributed by atoms with van der Waals surface area (Å²) < 4.78 is 27.2. The number of thiazole rings is 1. The van der Waals surface area contributed by atoms with Gasteiger partial charge >= 0.3 is 0 Å². The Kier molecular flexibility index (Phi) is 3.91. The van der Waals surface area contributed by atoms with Crippen molar-refractivity contribution in [2.45, 2.75) is 17.2 Å². The van der Waals surface area contributed by atoms with E-state index >= 15 is 0 Å². The smallest absolute Gasteiger partial charge is 0.224 e. The largest absolute Gasteiger partial charge is 0.267 e. The molecule has 1 aromatic heterocycles. The molecule has 94 valence electrons. The van der Waals surface area contributed by atoms with Crippen molar-refractivity contribution in [3.05, 3.63) is 24.3 Å². The van der Waals surface area contributed by atoms with Crippen molar-refractivity contribution in [1.29, 1.82) is 5.26 Å². The first-order valence-corrected chi connectivity index (χ1v) is 7.65. The second kappa shape index (κ2) is 5.44. The highest BCUT2D eigenvalue weighted by atomic mass is 32.2. The maximum Gasteiger partial charge on any atom is 0.267 e. The minimum atomic E-state index is -3.55. The topological polar surface area (TPSA) is 82.9 Å². The van der Waals surface area contributed by atoms with Crippen LogP contribution in [0.1, 0.15) is 12.8 Å². The molecule has 0 aliphatic heterocycles. The number of benzene rings is 1. The summed E-state index contributed by atoms with van der Waals surface area (Å²) in [5.74, 6) is 0. The van der Waals surface area contributed by atoms with E-state index in [-0.39, 0.29) is 10.9 Å². The van der Waals surface area contributed by atoms with Crippen LogP contribution in [0, 0.1) is 11.3 Å². The fraction of sp³-hybridized carbons (Fsp3) is 0.273. The number of hydrogen-bond acceptors (Lipinski definition) is 5. The van der Waals surface area contributed by atoms with Crippen LogP contribution < -0.4 is 4.72 Å². The molecule has 2 rings (SSSR count). The molecule has 0 spiro atoms. The van der Waals surface area contributed by atoms with Gasteiger partial charge in [0, 0.05) is 13.0 Å². The lowest BCUT2D eigenvalue weighted by Crippen LogP contribution is -2.24. The fourth-order valence-corrected chi connectivity index (χ4v) is 3.74. The number of sulfonamides is 1. The van der Waals surface area contributed by atoms with Crippen molar-refractivity contribution >= 4 is 31.6 Å². The van der Waals surface area contributed by atoms with Gasteiger partial charge in [-0.3, -0.25) is 0 Å². The van der Waals surface area contributed by atoms with Gasteiger partial charge in [-0.05, 0) is 18.6 Å². The maximum absolute atomic E-state index is 11.9. The van der Waals surface area contributed by atoms with Crippen molar-refractivity contribution in [3.63, 3.8) is 0 Å². The molecule has 0 unspecified atom stereocenters. The molecular weight excluding hydrogens is 270 g/mol. The first-order valence-electron chi connectivity index (χ1n) is 5.36. The maximum atomic E-state index is 11.9. The van der Waals surface area contributed by atoms with E-state index in [2.05, 4.69) is 9.71 Å². The summed E-state index contributed by atoms with van der Waals surface area (Å²) in [6.45, 7) is 0.256. The van der Waals surface area contributed by atoms with E-state index in [0.717, 1.165) is 16.0 Å². The lowest BCUT2D eigenvalue weighted by Gasteiger charge is -2.01. The van der Waals surface area contributed by atoms with Gasteiger partial charge in [-0.1, -0.05) is 12.1 Å². The Morgan fingerprint density at radius 1 is 1.39 bits per heavy atom. The molecule has 5 nitrogen and oxygen atoms in total. The molecule has 1 N–H and O–H groups in total. The Labute approximate surface area is 109 Å². The van der Waals surface area contributed by atoms with E-state index < -0.39 is 10.0 Å². The zero-order valence-electron chi connectivity index (χ0n) is 9.46. The second-order valence-corrected chi connectivity index (χ2v) is 6.58. The van der Waals surface area contributed by atoms with Crippen molar-refractivity contribution in [2.75, 3.05) is 6.54 Å². The standard InChI is InChI=1S/C11H11N3O2S2/c12-7-3-4-8-13-18(15,16)11-14-9-5-1-2-6-10(9)17-11/h1-2,5-6,13H,3-4,8H2. The number of para-hydroxylation sites is 1. The Morgan fingerprint density at radius 2 is 2.17 bits per heavy atom. The Morgan fingerprint density at radius 3 is 2.89 bits per heavy atom. The predicted molar refractivity (Wildman–Crippen MR) is 69.7 cm³/mol. The van der Waals surface area contributed by atoms with E-state index in [4.69, 9.17) is 5.26 Å². The summed E-state index contributed by atoms with van der Waals surface area (Å²) >= 11 is 1.14. The number of hydrogen-bond donors (Lipinski definition) is 1. The number of nitrogens with one attached hydrogen (secondary N) is 1. The summed E-state index contributed by atoms with van der Waals surface area (Å²) in [7, 11) is -3.55. The van der Waals surface area contributed by atoms with Crippen LogP contribution >= 0.6 is 11.3 Å². The van der Waals surface area contributed by atoms with Gasteiger partial charge in [0.25, 0.3) is 10.0 Å². The van der Waals surface area contributed by atoms with Crippen LogP contribution in [-0.2, 0) is 10.0 Å². The highest BCUT2D eigenvalue weighted by Gasteiger charge is 2.18. The molecule has 0 fully saturated rings. The minimum absolute atomic E-state index is 0.0701. The molecule has 0 amide bonds. The molecule has 7 heteroatoms. The summed E-state index contributed by atoms with van der Waals surface area (Å²) in [6.07, 6.45) is 0.836. The first-order chi connectivity index (χ1) is 8.63. The quantitative estimate of drug-likeness (QED) is 0.848. The third-order valence-corrected chi connectivity index (χ3v) is 5.14. The SMILES string of the molecule is N#CCCCNS(=O)(=O)c1nc2ccccc2s1. The molecular formula is C11H11N3O2S2. The highest BCUT2D eigenvalue weighted by Crippen LogP contribution is 2.24. The molecule has 0 bridgehead atoms.